The Labute approximate surface area is 165 Å². The van der Waals surface area contributed by atoms with E-state index in [1.807, 2.05) is 23.6 Å². The number of imide groups is 1. The van der Waals surface area contributed by atoms with Gasteiger partial charge in [-0.2, -0.15) is 0 Å². The number of nitrogens with zero attached hydrogens (tertiary/aromatic N) is 3. The van der Waals surface area contributed by atoms with Gasteiger partial charge in [0.25, 0.3) is 11.8 Å². The van der Waals surface area contributed by atoms with E-state index in [0.717, 1.165) is 21.3 Å². The van der Waals surface area contributed by atoms with E-state index in [2.05, 4.69) is 15.3 Å². The van der Waals surface area contributed by atoms with Gasteiger partial charge in [0.1, 0.15) is 5.01 Å². The van der Waals surface area contributed by atoms with E-state index in [1.54, 1.807) is 30.5 Å². The first-order valence-corrected chi connectivity index (χ1v) is 9.59. The van der Waals surface area contributed by atoms with Crippen LogP contribution in [0.4, 0.5) is 0 Å². The Kier molecular flexibility index (Phi) is 4.94. The highest BCUT2D eigenvalue weighted by Gasteiger charge is 2.34. The monoisotopic (exact) mass is 392 g/mol. The van der Waals surface area contributed by atoms with Gasteiger partial charge in [-0.15, -0.1) is 11.3 Å². The molecular weight excluding hydrogens is 376 g/mol. The van der Waals surface area contributed by atoms with Crippen molar-refractivity contribution in [2.75, 3.05) is 6.54 Å². The van der Waals surface area contributed by atoms with Crippen LogP contribution in [0.2, 0.25) is 0 Å². The molecule has 2 aromatic heterocycles. The Bertz CT molecular complexity index is 1010. The number of carbonyl (C=O) groups is 3. The lowest BCUT2D eigenvalue weighted by Crippen LogP contribution is -2.34. The summed E-state index contributed by atoms with van der Waals surface area (Å²) in [5.74, 6) is -0.954. The molecule has 3 aromatic rings. The van der Waals surface area contributed by atoms with Gasteiger partial charge in [0.15, 0.2) is 0 Å². The lowest BCUT2D eigenvalue weighted by Gasteiger charge is -2.13. The molecule has 0 aliphatic carbocycles. The molecule has 28 heavy (non-hydrogen) atoms. The number of rotatable bonds is 6. The highest BCUT2D eigenvalue weighted by atomic mass is 32.1. The van der Waals surface area contributed by atoms with E-state index < -0.39 is 0 Å². The van der Waals surface area contributed by atoms with Crippen molar-refractivity contribution in [1.29, 1.82) is 0 Å². The molecule has 4 rings (SSSR count). The number of hydrogen-bond acceptors (Lipinski definition) is 6. The summed E-state index contributed by atoms with van der Waals surface area (Å²) in [6.45, 7) is 0.332. The van der Waals surface area contributed by atoms with Crippen LogP contribution in [0, 0.1) is 0 Å². The molecule has 1 aliphatic heterocycles. The predicted molar refractivity (Wildman–Crippen MR) is 104 cm³/mol. The third kappa shape index (κ3) is 3.54. The molecule has 7 nitrogen and oxygen atoms in total. The van der Waals surface area contributed by atoms with Crippen LogP contribution >= 0.6 is 11.3 Å². The SMILES string of the molecule is O=C(CCN1C(=O)c2ccccc2C1=O)NCc1csc(-c2ccccn2)n1. The van der Waals surface area contributed by atoms with Gasteiger partial charge in [0.05, 0.1) is 29.1 Å². The first kappa shape index (κ1) is 18.0. The minimum Gasteiger partial charge on any atom is -0.350 e. The van der Waals surface area contributed by atoms with Crippen LogP contribution in [0.25, 0.3) is 10.7 Å². The molecule has 1 N–H and O–H groups in total. The summed E-state index contributed by atoms with van der Waals surface area (Å²) in [7, 11) is 0. The Hall–Kier alpha value is -3.39. The quantitative estimate of drug-likeness (QED) is 0.651. The molecule has 0 bridgehead atoms. The fourth-order valence-electron chi connectivity index (χ4n) is 2.93. The van der Waals surface area contributed by atoms with Gasteiger partial charge in [0.2, 0.25) is 5.91 Å². The predicted octanol–water partition coefficient (Wildman–Crippen LogP) is 2.51. The number of aromatic nitrogens is 2. The molecular formula is C20H16N4O3S. The fourth-order valence-corrected chi connectivity index (χ4v) is 3.72. The fraction of sp³-hybridized carbons (Fsp3) is 0.150. The van der Waals surface area contributed by atoms with Crippen LogP contribution in [0.5, 0.6) is 0 Å². The first-order valence-electron chi connectivity index (χ1n) is 8.71. The minimum absolute atomic E-state index is 0.0443. The lowest BCUT2D eigenvalue weighted by atomic mass is 10.1. The van der Waals surface area contributed by atoms with Crippen molar-refractivity contribution in [1.82, 2.24) is 20.2 Å². The summed E-state index contributed by atoms with van der Waals surface area (Å²) in [5.41, 5.74) is 2.30. The molecule has 0 saturated carbocycles. The molecule has 0 atom stereocenters. The van der Waals surface area contributed by atoms with E-state index in [1.165, 1.54) is 11.3 Å². The molecule has 8 heteroatoms. The summed E-state index contributed by atoms with van der Waals surface area (Å²) in [5, 5.41) is 5.43. The molecule has 3 heterocycles. The van der Waals surface area contributed by atoms with Crippen molar-refractivity contribution >= 4 is 29.1 Å². The number of carbonyl (C=O) groups excluding carboxylic acids is 3. The van der Waals surface area contributed by atoms with Crippen LogP contribution in [-0.2, 0) is 11.3 Å². The molecule has 0 unspecified atom stereocenters. The van der Waals surface area contributed by atoms with Crippen LogP contribution in [-0.4, -0.2) is 39.1 Å². The van der Waals surface area contributed by atoms with Gasteiger partial charge < -0.3 is 5.32 Å². The van der Waals surface area contributed by atoms with E-state index >= 15 is 0 Å². The summed E-state index contributed by atoms with van der Waals surface area (Å²) in [6, 6.07) is 12.3. The molecule has 1 aromatic carbocycles. The number of thiazole rings is 1. The molecule has 140 valence electrons. The number of pyridine rings is 1. The van der Waals surface area contributed by atoms with Crippen molar-refractivity contribution in [2.45, 2.75) is 13.0 Å². The van der Waals surface area contributed by atoms with Crippen LogP contribution in [0.1, 0.15) is 32.8 Å². The second-order valence-electron chi connectivity index (χ2n) is 6.19. The van der Waals surface area contributed by atoms with Crippen molar-refractivity contribution in [2.24, 2.45) is 0 Å². The number of nitrogens with one attached hydrogen (secondary N) is 1. The van der Waals surface area contributed by atoms with Gasteiger partial charge in [-0.25, -0.2) is 4.98 Å². The summed E-state index contributed by atoms with van der Waals surface area (Å²) in [4.78, 5) is 46.6. The highest BCUT2D eigenvalue weighted by molar-refractivity contribution is 7.13. The second kappa shape index (κ2) is 7.69. The molecule has 0 fully saturated rings. The average Bonchev–Trinajstić information content (AvgIpc) is 3.30. The van der Waals surface area contributed by atoms with Crippen LogP contribution in [0.3, 0.4) is 0 Å². The summed E-state index contributed by atoms with van der Waals surface area (Å²) < 4.78 is 0. The third-order valence-electron chi connectivity index (χ3n) is 4.34. The number of benzene rings is 1. The van der Waals surface area contributed by atoms with Gasteiger partial charge in [-0.05, 0) is 24.3 Å². The largest absolute Gasteiger partial charge is 0.350 e. The number of hydrogen-bond donors (Lipinski definition) is 1. The lowest BCUT2D eigenvalue weighted by molar-refractivity contribution is -0.121. The molecule has 3 amide bonds. The van der Waals surface area contributed by atoms with Crippen molar-refractivity contribution in [3.8, 4) is 10.7 Å². The molecule has 0 spiro atoms. The smallest absolute Gasteiger partial charge is 0.261 e. The van der Waals surface area contributed by atoms with Gasteiger partial charge in [-0.3, -0.25) is 24.3 Å². The topological polar surface area (TPSA) is 92.3 Å². The van der Waals surface area contributed by atoms with E-state index in [9.17, 15) is 14.4 Å². The Morgan fingerprint density at radius 2 is 1.75 bits per heavy atom. The summed E-state index contributed by atoms with van der Waals surface area (Å²) in [6.07, 6.45) is 1.75. The number of amides is 3. The maximum Gasteiger partial charge on any atom is 0.261 e. The zero-order valence-corrected chi connectivity index (χ0v) is 15.6. The van der Waals surface area contributed by atoms with E-state index in [-0.39, 0.29) is 37.2 Å². The Balaban J connectivity index is 1.30. The second-order valence-corrected chi connectivity index (χ2v) is 7.05. The van der Waals surface area contributed by atoms with Gasteiger partial charge in [-0.1, -0.05) is 18.2 Å². The third-order valence-corrected chi connectivity index (χ3v) is 5.26. The molecule has 1 aliphatic rings. The molecule has 0 radical (unpaired) electrons. The van der Waals surface area contributed by atoms with Gasteiger partial charge >= 0.3 is 0 Å². The van der Waals surface area contributed by atoms with Crippen LogP contribution < -0.4 is 5.32 Å². The van der Waals surface area contributed by atoms with E-state index in [0.29, 0.717) is 11.1 Å². The summed E-state index contributed by atoms with van der Waals surface area (Å²) >= 11 is 1.46. The van der Waals surface area contributed by atoms with Crippen molar-refractivity contribution in [3.05, 3.63) is 70.9 Å². The van der Waals surface area contributed by atoms with Crippen LogP contribution in [0.15, 0.2) is 54.0 Å². The zero-order valence-electron chi connectivity index (χ0n) is 14.8. The standard InChI is InChI=1S/C20H16N4O3S/c25-17(8-10-24-19(26)14-5-1-2-6-15(14)20(24)27)22-11-13-12-28-18(23-13)16-7-3-4-9-21-16/h1-7,9,12H,8,10-11H2,(H,22,25). The highest BCUT2D eigenvalue weighted by Crippen LogP contribution is 2.23. The van der Waals surface area contributed by atoms with Crippen molar-refractivity contribution in [3.63, 3.8) is 0 Å². The van der Waals surface area contributed by atoms with Gasteiger partial charge in [0, 0.05) is 24.5 Å². The van der Waals surface area contributed by atoms with E-state index in [4.69, 9.17) is 0 Å². The number of fused-ring (bicyclic) bond motifs is 1. The normalized spacial score (nSPS) is 12.9. The Morgan fingerprint density at radius 3 is 2.43 bits per heavy atom. The molecule has 0 saturated heterocycles. The zero-order chi connectivity index (χ0) is 19.5. The maximum atomic E-state index is 12.3. The maximum absolute atomic E-state index is 12.3. The average molecular weight is 392 g/mol. The minimum atomic E-state index is -0.354. The van der Waals surface area contributed by atoms with Crippen molar-refractivity contribution < 1.29 is 14.4 Å². The Morgan fingerprint density at radius 1 is 1.04 bits per heavy atom. The first-order chi connectivity index (χ1) is 13.6.